The van der Waals surface area contributed by atoms with E-state index < -0.39 is 21.5 Å². The maximum Gasteiger partial charge on any atom is 0.324 e. The second kappa shape index (κ2) is 4.59. The molecule has 0 bridgehead atoms. The van der Waals surface area contributed by atoms with Crippen molar-refractivity contribution < 1.29 is 18.3 Å². The highest BCUT2D eigenvalue weighted by atomic mass is 79.9. The molecule has 0 saturated heterocycles. The van der Waals surface area contributed by atoms with Crippen LogP contribution in [0.2, 0.25) is 0 Å². The minimum absolute atomic E-state index is 0.0399. The lowest BCUT2D eigenvalue weighted by atomic mass is 10.1. The van der Waals surface area contributed by atoms with E-state index in [2.05, 4.69) is 26.2 Å². The molecular formula is C8H13BrN4O4S. The normalized spacial score (nSPS) is 13.0. The van der Waals surface area contributed by atoms with E-state index in [1.54, 1.807) is 0 Å². The Bertz CT molecular complexity index is 560. The monoisotopic (exact) mass is 340 g/mol. The van der Waals surface area contributed by atoms with Gasteiger partial charge >= 0.3 is 5.97 Å². The van der Waals surface area contributed by atoms with Crippen molar-refractivity contribution in [3.63, 3.8) is 0 Å². The summed E-state index contributed by atoms with van der Waals surface area (Å²) in [7, 11) is -1.41. The smallest absolute Gasteiger partial charge is 0.324 e. The zero-order chi connectivity index (χ0) is 14.3. The topological polar surface area (TPSA) is 105 Å². The van der Waals surface area contributed by atoms with E-state index >= 15 is 0 Å². The van der Waals surface area contributed by atoms with Crippen molar-refractivity contribution in [2.45, 2.75) is 24.4 Å². The third-order valence-electron chi connectivity index (χ3n) is 2.65. The molecule has 0 saturated carbocycles. The molecule has 1 aromatic rings. The molecule has 0 fully saturated rings. The molecule has 0 aliphatic heterocycles. The van der Waals surface area contributed by atoms with Gasteiger partial charge in [0, 0.05) is 14.1 Å². The van der Waals surface area contributed by atoms with Crippen LogP contribution in [0.4, 0.5) is 0 Å². The number of carboxylic acids is 1. The molecule has 0 unspecified atom stereocenters. The molecule has 0 aromatic carbocycles. The fourth-order valence-electron chi connectivity index (χ4n) is 1.16. The first-order valence-electron chi connectivity index (χ1n) is 4.80. The maximum atomic E-state index is 12.3. The van der Waals surface area contributed by atoms with Crippen LogP contribution in [-0.4, -0.2) is 51.4 Å². The van der Waals surface area contributed by atoms with Gasteiger partial charge in [0.25, 0.3) is 10.0 Å². The average molecular weight is 341 g/mol. The van der Waals surface area contributed by atoms with Crippen LogP contribution in [0, 0.1) is 0 Å². The quantitative estimate of drug-likeness (QED) is 0.830. The second-order valence-corrected chi connectivity index (χ2v) is 6.78. The van der Waals surface area contributed by atoms with Gasteiger partial charge in [-0.25, -0.2) is 13.1 Å². The van der Waals surface area contributed by atoms with Gasteiger partial charge in [-0.2, -0.15) is 4.31 Å². The Morgan fingerprint density at radius 2 is 2.00 bits per heavy atom. The van der Waals surface area contributed by atoms with Crippen LogP contribution in [-0.2, 0) is 21.9 Å². The first-order valence-corrected chi connectivity index (χ1v) is 7.04. The van der Waals surface area contributed by atoms with Crippen LogP contribution >= 0.6 is 15.9 Å². The van der Waals surface area contributed by atoms with Gasteiger partial charge in [0.2, 0.25) is 5.03 Å². The maximum absolute atomic E-state index is 12.3. The number of hydrogen-bond donors (Lipinski definition) is 1. The molecule has 1 aromatic heterocycles. The van der Waals surface area contributed by atoms with Gasteiger partial charge in [-0.15, -0.1) is 5.10 Å². The zero-order valence-electron chi connectivity index (χ0n) is 10.2. The van der Waals surface area contributed by atoms with E-state index in [1.165, 1.54) is 27.9 Å². The number of carboxylic acid groups (broad SMARTS) is 1. The van der Waals surface area contributed by atoms with Crippen molar-refractivity contribution in [3.05, 3.63) is 4.60 Å². The Kier molecular flexibility index (Phi) is 3.84. The van der Waals surface area contributed by atoms with Crippen molar-refractivity contribution in [3.8, 4) is 0 Å². The van der Waals surface area contributed by atoms with E-state index in [0.717, 1.165) is 8.99 Å². The van der Waals surface area contributed by atoms with Gasteiger partial charge in [-0.1, -0.05) is 5.21 Å². The molecule has 0 atom stereocenters. The molecule has 0 amide bonds. The Labute approximate surface area is 113 Å². The predicted octanol–water partition coefficient (Wildman–Crippen LogP) is 0.0613. The summed E-state index contributed by atoms with van der Waals surface area (Å²) in [6.07, 6.45) is 0. The van der Waals surface area contributed by atoms with E-state index in [1.807, 2.05) is 0 Å². The molecule has 1 N–H and O–H groups in total. The summed E-state index contributed by atoms with van der Waals surface area (Å²) in [6.45, 7) is 2.59. The molecule has 18 heavy (non-hydrogen) atoms. The Morgan fingerprint density at radius 1 is 1.50 bits per heavy atom. The lowest BCUT2D eigenvalue weighted by Crippen LogP contribution is -2.51. The lowest BCUT2D eigenvalue weighted by molar-refractivity contribution is -0.145. The molecule has 1 heterocycles. The van der Waals surface area contributed by atoms with E-state index in [9.17, 15) is 13.2 Å². The Hall–Kier alpha value is -1.00. The number of rotatable bonds is 4. The Balaban J connectivity index is 3.37. The molecule has 0 aliphatic carbocycles. The van der Waals surface area contributed by atoms with E-state index in [-0.39, 0.29) is 9.63 Å². The summed E-state index contributed by atoms with van der Waals surface area (Å²) < 4.78 is 26.5. The number of carbonyl (C=O) groups is 1. The molecule has 0 aliphatic rings. The number of nitrogens with zero attached hydrogens (tertiary/aromatic N) is 4. The van der Waals surface area contributed by atoms with Crippen LogP contribution in [0.25, 0.3) is 0 Å². The summed E-state index contributed by atoms with van der Waals surface area (Å²) in [5, 5.41) is 16.0. The van der Waals surface area contributed by atoms with Gasteiger partial charge in [-0.05, 0) is 29.8 Å². The van der Waals surface area contributed by atoms with Crippen LogP contribution < -0.4 is 0 Å². The van der Waals surface area contributed by atoms with Crippen LogP contribution in [0.15, 0.2) is 9.63 Å². The zero-order valence-corrected chi connectivity index (χ0v) is 12.6. The summed E-state index contributed by atoms with van der Waals surface area (Å²) in [5.74, 6) is -1.25. The van der Waals surface area contributed by atoms with Gasteiger partial charge < -0.3 is 5.11 Å². The van der Waals surface area contributed by atoms with E-state index in [0.29, 0.717) is 0 Å². The minimum atomic E-state index is -4.02. The molecule has 1 rings (SSSR count). The van der Waals surface area contributed by atoms with Crippen LogP contribution in [0.5, 0.6) is 0 Å². The second-order valence-electron chi connectivity index (χ2n) is 4.15. The molecular weight excluding hydrogens is 328 g/mol. The third kappa shape index (κ3) is 2.27. The highest BCUT2D eigenvalue weighted by molar-refractivity contribution is 9.10. The third-order valence-corrected chi connectivity index (χ3v) is 5.57. The lowest BCUT2D eigenvalue weighted by Gasteiger charge is -2.30. The summed E-state index contributed by atoms with van der Waals surface area (Å²) in [5.41, 5.74) is -1.58. The van der Waals surface area contributed by atoms with Crippen LogP contribution in [0.1, 0.15) is 13.8 Å². The molecule has 0 radical (unpaired) electrons. The predicted molar refractivity (Wildman–Crippen MR) is 65.4 cm³/mol. The highest BCUT2D eigenvalue weighted by Crippen LogP contribution is 2.26. The number of likely N-dealkylation sites (N-methyl/N-ethyl adjacent to an activating group) is 1. The van der Waals surface area contributed by atoms with Crippen LogP contribution in [0.3, 0.4) is 0 Å². The molecule has 10 heteroatoms. The first kappa shape index (κ1) is 15.1. The fraction of sp³-hybridized carbons (Fsp3) is 0.625. The first-order chi connectivity index (χ1) is 8.02. The van der Waals surface area contributed by atoms with Crippen molar-refractivity contribution in [1.82, 2.24) is 19.3 Å². The van der Waals surface area contributed by atoms with E-state index in [4.69, 9.17) is 5.11 Å². The number of halogens is 1. The van der Waals surface area contributed by atoms with Crippen molar-refractivity contribution in [2.75, 3.05) is 7.05 Å². The molecule has 8 nitrogen and oxygen atoms in total. The number of sulfonamides is 1. The van der Waals surface area contributed by atoms with Gasteiger partial charge in [0.1, 0.15) is 5.54 Å². The number of aliphatic carboxylic acids is 1. The standard InChI is InChI=1S/C8H13BrN4O4S/c1-8(2,7(14)15)13(4)18(16,17)6-5(9)10-11-12(6)3/h1-4H3,(H,14,15). The average Bonchev–Trinajstić information content (AvgIpc) is 2.57. The van der Waals surface area contributed by atoms with Crippen molar-refractivity contribution in [1.29, 1.82) is 0 Å². The Morgan fingerprint density at radius 3 is 2.33 bits per heavy atom. The fourth-order valence-corrected chi connectivity index (χ4v) is 3.67. The van der Waals surface area contributed by atoms with Gasteiger partial charge in [0.15, 0.2) is 4.60 Å². The number of aryl methyl sites for hydroxylation is 1. The van der Waals surface area contributed by atoms with Gasteiger partial charge in [0.05, 0.1) is 0 Å². The summed E-state index contributed by atoms with van der Waals surface area (Å²) >= 11 is 2.98. The van der Waals surface area contributed by atoms with Crippen molar-refractivity contribution in [2.24, 2.45) is 7.05 Å². The molecule has 102 valence electrons. The SMILES string of the molecule is CN(C(C)(C)C(=O)O)S(=O)(=O)c1c(Br)nnn1C. The largest absolute Gasteiger partial charge is 0.480 e. The van der Waals surface area contributed by atoms with Crippen molar-refractivity contribution >= 4 is 31.9 Å². The van der Waals surface area contributed by atoms with Gasteiger partial charge in [-0.3, -0.25) is 4.79 Å². The highest BCUT2D eigenvalue weighted by Gasteiger charge is 2.42. The summed E-state index contributed by atoms with van der Waals surface area (Å²) in [6, 6.07) is 0. The number of aromatic nitrogens is 3. The molecule has 0 spiro atoms. The summed E-state index contributed by atoms with van der Waals surface area (Å²) in [4.78, 5) is 11.1. The minimum Gasteiger partial charge on any atom is -0.480 e. The number of hydrogen-bond acceptors (Lipinski definition) is 5.